The second-order valence-corrected chi connectivity index (χ2v) is 5.85. The minimum Gasteiger partial charge on any atom is -0.484 e. The van der Waals surface area contributed by atoms with Gasteiger partial charge in [-0.15, -0.1) is 0 Å². The molecule has 0 aromatic heterocycles. The van der Waals surface area contributed by atoms with Gasteiger partial charge in [-0.05, 0) is 30.7 Å². The molecule has 0 unspecified atom stereocenters. The molecule has 1 rings (SSSR count). The summed E-state index contributed by atoms with van der Waals surface area (Å²) in [7, 11) is -3.49. The van der Waals surface area contributed by atoms with Gasteiger partial charge in [0.25, 0.3) is 5.91 Å². The topological polar surface area (TPSA) is 111 Å². The number of amides is 1. The first-order valence-corrected chi connectivity index (χ1v) is 7.70. The molecule has 4 N–H and O–H groups in total. The lowest BCUT2D eigenvalue weighted by Crippen LogP contribution is -2.34. The zero-order chi connectivity index (χ0) is 15.0. The number of unbranched alkanes of at least 4 members (excludes halogenated alkanes) is 1. The van der Waals surface area contributed by atoms with Gasteiger partial charge >= 0.3 is 0 Å². The van der Waals surface area contributed by atoms with E-state index in [4.69, 9.17) is 10.6 Å². The zero-order valence-corrected chi connectivity index (χ0v) is 12.1. The second kappa shape index (κ2) is 7.83. The van der Waals surface area contributed by atoms with Gasteiger partial charge in [0.05, 0.1) is 4.90 Å². The first-order chi connectivity index (χ1) is 9.49. The molecule has 0 aliphatic heterocycles. The monoisotopic (exact) mass is 301 g/mol. The minimum atomic E-state index is -3.49. The summed E-state index contributed by atoms with van der Waals surface area (Å²) >= 11 is 0. The number of rotatable bonds is 8. The van der Waals surface area contributed by atoms with E-state index in [0.717, 1.165) is 12.8 Å². The van der Waals surface area contributed by atoms with E-state index >= 15 is 0 Å². The fourth-order valence-corrected chi connectivity index (χ4v) is 2.45. The summed E-state index contributed by atoms with van der Waals surface area (Å²) in [6, 6.07) is 5.81. The standard InChI is InChI=1S/C12H19N3O4S/c1-2-3-8-14-20(17,18)11-6-4-10(5-7-11)19-9-12(16)15-13/h4-7,14H,2-3,8-9,13H2,1H3,(H,15,16). The van der Waals surface area contributed by atoms with Crippen LogP contribution in [0.1, 0.15) is 19.8 Å². The molecular weight excluding hydrogens is 282 g/mol. The average molecular weight is 301 g/mol. The highest BCUT2D eigenvalue weighted by atomic mass is 32.2. The lowest BCUT2D eigenvalue weighted by Gasteiger charge is -2.08. The van der Waals surface area contributed by atoms with Crippen LogP contribution < -0.4 is 20.7 Å². The van der Waals surface area contributed by atoms with Crippen LogP contribution in [0.4, 0.5) is 0 Å². The molecule has 0 saturated heterocycles. The SMILES string of the molecule is CCCCNS(=O)(=O)c1ccc(OCC(=O)NN)cc1. The molecule has 0 heterocycles. The van der Waals surface area contributed by atoms with E-state index in [-0.39, 0.29) is 11.5 Å². The Kier molecular flexibility index (Phi) is 6.43. The van der Waals surface area contributed by atoms with E-state index in [1.54, 1.807) is 0 Å². The first-order valence-electron chi connectivity index (χ1n) is 6.21. The average Bonchev–Trinajstić information content (AvgIpc) is 2.45. The summed E-state index contributed by atoms with van der Waals surface area (Å²) < 4.78 is 31.4. The van der Waals surface area contributed by atoms with E-state index in [9.17, 15) is 13.2 Å². The molecule has 0 bridgehead atoms. The largest absolute Gasteiger partial charge is 0.484 e. The summed E-state index contributed by atoms with van der Waals surface area (Å²) in [6.45, 7) is 2.17. The number of nitrogens with two attached hydrogens (primary N) is 1. The first kappa shape index (κ1) is 16.4. The van der Waals surface area contributed by atoms with E-state index < -0.39 is 15.9 Å². The molecule has 20 heavy (non-hydrogen) atoms. The molecular formula is C12H19N3O4S. The maximum Gasteiger partial charge on any atom is 0.271 e. The van der Waals surface area contributed by atoms with Crippen LogP contribution in [0.3, 0.4) is 0 Å². The second-order valence-electron chi connectivity index (χ2n) is 4.08. The van der Waals surface area contributed by atoms with Gasteiger partial charge in [-0.25, -0.2) is 19.0 Å². The van der Waals surface area contributed by atoms with Crippen molar-refractivity contribution in [2.75, 3.05) is 13.2 Å². The van der Waals surface area contributed by atoms with Crippen molar-refractivity contribution in [1.29, 1.82) is 0 Å². The Morgan fingerprint density at radius 3 is 2.50 bits per heavy atom. The van der Waals surface area contributed by atoms with Gasteiger partial charge in [0.15, 0.2) is 6.61 Å². The Morgan fingerprint density at radius 1 is 1.30 bits per heavy atom. The molecule has 0 aliphatic carbocycles. The third-order valence-electron chi connectivity index (χ3n) is 2.49. The van der Waals surface area contributed by atoms with Crippen molar-refractivity contribution >= 4 is 15.9 Å². The molecule has 0 spiro atoms. The van der Waals surface area contributed by atoms with Crippen LogP contribution in [0.25, 0.3) is 0 Å². The van der Waals surface area contributed by atoms with Gasteiger partial charge in [-0.3, -0.25) is 10.2 Å². The predicted molar refractivity (Wildman–Crippen MR) is 74.4 cm³/mol. The number of ether oxygens (including phenoxy) is 1. The van der Waals surface area contributed by atoms with Crippen LogP contribution in [0, 0.1) is 0 Å². The smallest absolute Gasteiger partial charge is 0.271 e. The third kappa shape index (κ3) is 5.16. The van der Waals surface area contributed by atoms with Gasteiger partial charge in [0, 0.05) is 6.54 Å². The normalized spacial score (nSPS) is 11.1. The zero-order valence-electron chi connectivity index (χ0n) is 11.3. The number of carbonyl (C=O) groups is 1. The highest BCUT2D eigenvalue weighted by Gasteiger charge is 2.13. The lowest BCUT2D eigenvalue weighted by atomic mass is 10.3. The van der Waals surface area contributed by atoms with Crippen molar-refractivity contribution in [3.8, 4) is 5.75 Å². The van der Waals surface area contributed by atoms with E-state index in [2.05, 4.69) is 4.72 Å². The maximum absolute atomic E-state index is 11.9. The number of nitrogens with one attached hydrogen (secondary N) is 2. The molecule has 112 valence electrons. The van der Waals surface area contributed by atoms with Crippen LogP contribution in [-0.2, 0) is 14.8 Å². The molecule has 0 atom stereocenters. The Bertz CT molecular complexity index is 528. The lowest BCUT2D eigenvalue weighted by molar-refractivity contribution is -0.123. The molecule has 0 radical (unpaired) electrons. The molecule has 1 amide bonds. The van der Waals surface area contributed by atoms with Crippen LogP contribution >= 0.6 is 0 Å². The quantitative estimate of drug-likeness (QED) is 0.274. The van der Waals surface area contributed by atoms with Crippen molar-refractivity contribution < 1.29 is 17.9 Å². The van der Waals surface area contributed by atoms with Crippen molar-refractivity contribution in [3.63, 3.8) is 0 Å². The van der Waals surface area contributed by atoms with E-state index in [0.29, 0.717) is 12.3 Å². The number of carbonyl (C=O) groups excluding carboxylic acids is 1. The van der Waals surface area contributed by atoms with Gasteiger partial charge in [-0.1, -0.05) is 13.3 Å². The van der Waals surface area contributed by atoms with Gasteiger partial charge in [0.1, 0.15) is 5.75 Å². The molecule has 0 saturated carbocycles. The van der Waals surface area contributed by atoms with E-state index in [1.165, 1.54) is 24.3 Å². The summed E-state index contributed by atoms with van der Waals surface area (Å²) in [4.78, 5) is 11.0. The molecule has 0 fully saturated rings. The van der Waals surface area contributed by atoms with E-state index in [1.807, 2.05) is 12.3 Å². The van der Waals surface area contributed by atoms with Crippen molar-refractivity contribution in [1.82, 2.24) is 10.1 Å². The Labute approximate surface area is 118 Å². The predicted octanol–water partition coefficient (Wildman–Crippen LogP) is 0.134. The number of hydrazine groups is 1. The van der Waals surface area contributed by atoms with Gasteiger partial charge in [-0.2, -0.15) is 0 Å². The highest BCUT2D eigenvalue weighted by molar-refractivity contribution is 7.89. The van der Waals surface area contributed by atoms with Crippen molar-refractivity contribution in [2.24, 2.45) is 5.84 Å². The Morgan fingerprint density at radius 2 is 1.95 bits per heavy atom. The number of hydrogen-bond acceptors (Lipinski definition) is 5. The molecule has 0 aliphatic rings. The highest BCUT2D eigenvalue weighted by Crippen LogP contribution is 2.15. The third-order valence-corrected chi connectivity index (χ3v) is 3.96. The molecule has 8 heteroatoms. The Balaban J connectivity index is 2.63. The maximum atomic E-state index is 11.9. The Hall–Kier alpha value is -1.64. The van der Waals surface area contributed by atoms with Crippen LogP contribution in [0.15, 0.2) is 29.2 Å². The van der Waals surface area contributed by atoms with Crippen LogP contribution in [0.2, 0.25) is 0 Å². The number of hydrogen-bond donors (Lipinski definition) is 3. The molecule has 7 nitrogen and oxygen atoms in total. The van der Waals surface area contributed by atoms with Crippen LogP contribution in [-0.4, -0.2) is 27.5 Å². The fraction of sp³-hybridized carbons (Fsp3) is 0.417. The summed E-state index contributed by atoms with van der Waals surface area (Å²) in [5.41, 5.74) is 1.93. The van der Waals surface area contributed by atoms with Gasteiger partial charge in [0.2, 0.25) is 10.0 Å². The molecule has 1 aromatic carbocycles. The number of benzene rings is 1. The van der Waals surface area contributed by atoms with Crippen molar-refractivity contribution in [3.05, 3.63) is 24.3 Å². The summed E-state index contributed by atoms with van der Waals surface area (Å²) in [5, 5.41) is 0. The summed E-state index contributed by atoms with van der Waals surface area (Å²) in [5.74, 6) is 4.83. The van der Waals surface area contributed by atoms with Crippen LogP contribution in [0.5, 0.6) is 5.75 Å². The summed E-state index contributed by atoms with van der Waals surface area (Å²) in [6.07, 6.45) is 1.70. The minimum absolute atomic E-state index is 0.157. The molecule has 1 aromatic rings. The van der Waals surface area contributed by atoms with Gasteiger partial charge < -0.3 is 4.74 Å². The fourth-order valence-electron chi connectivity index (χ4n) is 1.37. The van der Waals surface area contributed by atoms with Crippen molar-refractivity contribution in [2.45, 2.75) is 24.7 Å². The number of sulfonamides is 1.